The van der Waals surface area contributed by atoms with Crippen LogP contribution in [0.3, 0.4) is 0 Å². The smallest absolute Gasteiger partial charge is 0.328 e. The molecule has 1 aromatic rings. The zero-order valence-electron chi connectivity index (χ0n) is 14.9. The summed E-state index contributed by atoms with van der Waals surface area (Å²) in [7, 11) is 0. The molecule has 2 aliphatic rings. The summed E-state index contributed by atoms with van der Waals surface area (Å²) in [5, 5.41) is 0.320. The van der Waals surface area contributed by atoms with Crippen LogP contribution < -0.4 is 5.73 Å². The van der Waals surface area contributed by atoms with Gasteiger partial charge in [0.25, 0.3) is 23.6 Å². The number of nitrogens with zero attached hydrogens (tertiary/aromatic N) is 2. The summed E-state index contributed by atoms with van der Waals surface area (Å²) in [6.45, 7) is 3.07. The van der Waals surface area contributed by atoms with Crippen LogP contribution in [0.25, 0.3) is 0 Å². The highest BCUT2D eigenvalue weighted by Crippen LogP contribution is 2.29. The molecule has 0 aromatic heterocycles. The fraction of sp³-hybridized carbons (Fsp3) is 0.389. The van der Waals surface area contributed by atoms with Crippen molar-refractivity contribution in [3.8, 4) is 0 Å². The van der Waals surface area contributed by atoms with Crippen molar-refractivity contribution < 1.29 is 28.8 Å². The summed E-state index contributed by atoms with van der Waals surface area (Å²) in [6.07, 6.45) is 0.0270. The molecule has 2 atom stereocenters. The highest BCUT2D eigenvalue weighted by atomic mass is 16.7. The van der Waals surface area contributed by atoms with Gasteiger partial charge in [0.1, 0.15) is 11.6 Å². The molecule has 2 heterocycles. The van der Waals surface area contributed by atoms with Crippen molar-refractivity contribution in [1.82, 2.24) is 9.96 Å². The van der Waals surface area contributed by atoms with Crippen LogP contribution in [0.15, 0.2) is 24.3 Å². The number of imide groups is 2. The average Bonchev–Trinajstić information content (AvgIpc) is 2.90. The molecular formula is C18H19N3O6. The lowest BCUT2D eigenvalue weighted by Gasteiger charge is -2.34. The van der Waals surface area contributed by atoms with Gasteiger partial charge in [-0.15, -0.1) is 5.06 Å². The van der Waals surface area contributed by atoms with Gasteiger partial charge in [-0.2, -0.15) is 0 Å². The van der Waals surface area contributed by atoms with E-state index in [1.54, 1.807) is 19.1 Å². The first-order chi connectivity index (χ1) is 12.7. The Morgan fingerprint density at radius 2 is 1.74 bits per heavy atom. The Balaban J connectivity index is 1.86. The average molecular weight is 373 g/mol. The molecule has 9 heteroatoms. The number of benzene rings is 1. The van der Waals surface area contributed by atoms with Crippen LogP contribution in [0, 0.1) is 0 Å². The highest BCUT2D eigenvalue weighted by Gasteiger charge is 2.48. The topological polar surface area (TPSA) is 127 Å². The summed E-state index contributed by atoms with van der Waals surface area (Å²) in [5.74, 6) is -3.86. The maximum atomic E-state index is 12.8. The van der Waals surface area contributed by atoms with Crippen LogP contribution in [0.1, 0.15) is 53.8 Å². The van der Waals surface area contributed by atoms with E-state index in [-0.39, 0.29) is 30.4 Å². The van der Waals surface area contributed by atoms with E-state index in [9.17, 15) is 24.0 Å². The predicted octanol–water partition coefficient (Wildman–Crippen LogP) is 0.386. The minimum atomic E-state index is -1.39. The molecule has 2 aliphatic heterocycles. The van der Waals surface area contributed by atoms with Gasteiger partial charge >= 0.3 is 5.97 Å². The predicted molar refractivity (Wildman–Crippen MR) is 90.8 cm³/mol. The lowest BCUT2D eigenvalue weighted by atomic mass is 10.0. The molecule has 0 spiro atoms. The Labute approximate surface area is 155 Å². The van der Waals surface area contributed by atoms with Crippen LogP contribution >= 0.6 is 0 Å². The molecule has 2 unspecified atom stereocenters. The number of nitrogens with two attached hydrogens (primary N) is 1. The Hall–Kier alpha value is -3.07. The van der Waals surface area contributed by atoms with Crippen molar-refractivity contribution in [2.24, 2.45) is 5.73 Å². The minimum absolute atomic E-state index is 0.0368. The number of hydrogen-bond acceptors (Lipinski definition) is 7. The van der Waals surface area contributed by atoms with Gasteiger partial charge in [-0.25, -0.2) is 4.79 Å². The number of piperidine rings is 1. The molecule has 0 radical (unpaired) electrons. The number of hydrogen-bond donors (Lipinski definition) is 1. The van der Waals surface area contributed by atoms with Crippen molar-refractivity contribution in [2.45, 2.75) is 44.7 Å². The summed E-state index contributed by atoms with van der Waals surface area (Å²) in [6, 6.07) is 4.98. The second kappa shape index (κ2) is 6.58. The number of rotatable bonds is 4. The molecule has 142 valence electrons. The van der Waals surface area contributed by atoms with Crippen LogP contribution in [0.4, 0.5) is 0 Å². The number of fused-ring (bicyclic) bond motifs is 1. The quantitative estimate of drug-likeness (QED) is 0.756. The van der Waals surface area contributed by atoms with E-state index in [1.807, 2.05) is 0 Å². The van der Waals surface area contributed by atoms with Crippen LogP contribution in [-0.2, 0) is 19.2 Å². The third-order valence-corrected chi connectivity index (χ3v) is 4.86. The maximum absolute atomic E-state index is 12.8. The zero-order valence-corrected chi connectivity index (χ0v) is 14.9. The minimum Gasteiger partial charge on any atom is -0.328 e. The molecule has 27 heavy (non-hydrogen) atoms. The fourth-order valence-electron chi connectivity index (χ4n) is 2.90. The molecule has 0 saturated carbocycles. The van der Waals surface area contributed by atoms with Crippen molar-refractivity contribution in [3.05, 3.63) is 35.4 Å². The number of carbonyl (C=O) groups is 5. The molecule has 3 rings (SSSR count). The van der Waals surface area contributed by atoms with E-state index in [4.69, 9.17) is 10.6 Å². The Kier molecular flexibility index (Phi) is 4.56. The molecular weight excluding hydrogens is 354 g/mol. The van der Waals surface area contributed by atoms with E-state index in [1.165, 1.54) is 19.1 Å². The summed E-state index contributed by atoms with van der Waals surface area (Å²) >= 11 is 0. The second-order valence-corrected chi connectivity index (χ2v) is 6.76. The molecule has 1 aromatic carbocycles. The lowest BCUT2D eigenvalue weighted by Crippen LogP contribution is -2.58. The van der Waals surface area contributed by atoms with Crippen LogP contribution in [-0.4, -0.2) is 51.1 Å². The standard InChI is InChI=1S/C18H19N3O6/c1-3-18(2,19)17(26)27-21-13(22)9-8-12(16(21)25)20-14(23)10-6-4-5-7-11(10)15(20)24/h4-7,12H,3,8-9,19H2,1-2H3. The molecule has 4 amide bonds. The number of hydroxylamine groups is 2. The first-order valence-electron chi connectivity index (χ1n) is 8.54. The largest absolute Gasteiger partial charge is 0.352 e. The number of amides is 4. The molecule has 1 fully saturated rings. The molecule has 1 saturated heterocycles. The third-order valence-electron chi connectivity index (χ3n) is 4.86. The SMILES string of the molecule is CCC(C)(N)C(=O)ON1C(=O)CCC(N2C(=O)c3ccccc3C2=O)C1=O. The summed E-state index contributed by atoms with van der Waals surface area (Å²) < 4.78 is 0. The maximum Gasteiger partial charge on any atom is 0.352 e. The van der Waals surface area contributed by atoms with Gasteiger partial charge in [-0.05, 0) is 31.9 Å². The van der Waals surface area contributed by atoms with E-state index in [0.29, 0.717) is 5.06 Å². The van der Waals surface area contributed by atoms with E-state index in [0.717, 1.165) is 4.90 Å². The van der Waals surface area contributed by atoms with Crippen LogP contribution in [0.5, 0.6) is 0 Å². The van der Waals surface area contributed by atoms with Crippen molar-refractivity contribution in [3.63, 3.8) is 0 Å². The molecule has 2 N–H and O–H groups in total. The zero-order chi connectivity index (χ0) is 19.9. The van der Waals surface area contributed by atoms with Crippen LogP contribution in [0.2, 0.25) is 0 Å². The highest BCUT2D eigenvalue weighted by molar-refractivity contribution is 6.23. The fourth-order valence-corrected chi connectivity index (χ4v) is 2.90. The van der Waals surface area contributed by atoms with E-state index < -0.39 is 41.2 Å². The first kappa shape index (κ1) is 18.7. The monoisotopic (exact) mass is 373 g/mol. The normalized spacial score (nSPS) is 22.0. The van der Waals surface area contributed by atoms with Gasteiger partial charge < -0.3 is 10.6 Å². The molecule has 0 aliphatic carbocycles. The summed E-state index contributed by atoms with van der Waals surface area (Å²) in [4.78, 5) is 67.9. The molecule has 0 bridgehead atoms. The molecule has 9 nitrogen and oxygen atoms in total. The van der Waals surface area contributed by atoms with Gasteiger partial charge in [0, 0.05) is 6.42 Å². The second-order valence-electron chi connectivity index (χ2n) is 6.76. The van der Waals surface area contributed by atoms with Gasteiger partial charge in [-0.3, -0.25) is 24.1 Å². The third kappa shape index (κ3) is 2.99. The van der Waals surface area contributed by atoms with Gasteiger partial charge in [0.2, 0.25) is 0 Å². The van der Waals surface area contributed by atoms with E-state index in [2.05, 4.69) is 0 Å². The van der Waals surface area contributed by atoms with Gasteiger partial charge in [0.05, 0.1) is 11.1 Å². The lowest BCUT2D eigenvalue weighted by molar-refractivity contribution is -0.211. The summed E-state index contributed by atoms with van der Waals surface area (Å²) in [5.41, 5.74) is 4.78. The number of carbonyl (C=O) groups excluding carboxylic acids is 5. The Bertz CT molecular complexity index is 827. The van der Waals surface area contributed by atoms with Crippen molar-refractivity contribution >= 4 is 29.6 Å². The van der Waals surface area contributed by atoms with Crippen molar-refractivity contribution in [2.75, 3.05) is 0 Å². The van der Waals surface area contributed by atoms with E-state index >= 15 is 0 Å². The Morgan fingerprint density at radius 1 is 1.19 bits per heavy atom. The first-order valence-corrected chi connectivity index (χ1v) is 8.54. The Morgan fingerprint density at radius 3 is 2.26 bits per heavy atom. The van der Waals surface area contributed by atoms with Crippen molar-refractivity contribution in [1.29, 1.82) is 0 Å². The van der Waals surface area contributed by atoms with Gasteiger partial charge in [0.15, 0.2) is 0 Å². The van der Waals surface area contributed by atoms with Gasteiger partial charge in [-0.1, -0.05) is 19.1 Å².